The second-order valence-electron chi connectivity index (χ2n) is 13.6. The van der Waals surface area contributed by atoms with E-state index in [1.165, 1.54) is 26.2 Å². The predicted octanol–water partition coefficient (Wildman–Crippen LogP) is 0.564. The Hall–Kier alpha value is -4.37. The number of aliphatic carboxylic acids is 1. The summed E-state index contributed by atoms with van der Waals surface area (Å²) in [6, 6.07) is 4.36. The van der Waals surface area contributed by atoms with Crippen LogP contribution in [0, 0.1) is 17.2 Å². The average Bonchev–Trinajstić information content (AvgIpc) is 3.77. The van der Waals surface area contributed by atoms with E-state index in [1.54, 1.807) is 12.1 Å². The molecule has 2 aliphatic heterocycles. The molecule has 270 valence electrons. The zero-order chi connectivity index (χ0) is 36.3. The number of ether oxygens (including phenoxy) is 1. The zero-order valence-electron chi connectivity index (χ0n) is 27.3. The average molecular weight is 735 g/mol. The summed E-state index contributed by atoms with van der Waals surface area (Å²) >= 11 is 0.966. The first-order chi connectivity index (χ1) is 23.4. The van der Waals surface area contributed by atoms with Crippen molar-refractivity contribution in [2.75, 3.05) is 5.73 Å². The number of hydrogen-bond donors (Lipinski definition) is 7. The molecule has 7 atom stereocenters. The lowest BCUT2D eigenvalue weighted by Gasteiger charge is -2.50. The minimum Gasteiger partial charge on any atom is -0.485 e. The van der Waals surface area contributed by atoms with Gasteiger partial charge in [-0.1, -0.05) is 5.16 Å². The van der Waals surface area contributed by atoms with Gasteiger partial charge in [-0.3, -0.25) is 19.6 Å². The van der Waals surface area contributed by atoms with E-state index >= 15 is 0 Å². The molecule has 2 aromatic rings. The van der Waals surface area contributed by atoms with Gasteiger partial charge in [-0.2, -0.15) is 13.5 Å². The summed E-state index contributed by atoms with van der Waals surface area (Å²) < 4.78 is 41.8. The van der Waals surface area contributed by atoms with Crippen LogP contribution in [0.2, 0.25) is 0 Å². The van der Waals surface area contributed by atoms with E-state index in [0.29, 0.717) is 40.5 Å². The Morgan fingerprint density at radius 2 is 1.98 bits per heavy atom. The SMILES string of the molecule is CC1(C)[C@H](NC(=O)/C(=N\O[C@](C)(C(=O)O)[C@H]2CCc3cc(C(=N)N[C@@H]4CC[C@@H](N)[C@@H]5C[C@@H]54)ccc3O2)c2csc(N)n2)C(=O)N1OS(=O)(=O)O. The number of carboxylic acids is 1. The highest BCUT2D eigenvalue weighted by Gasteiger charge is 2.58. The molecular weight excluding hydrogens is 697 g/mol. The first-order valence-corrected chi connectivity index (χ1v) is 18.1. The van der Waals surface area contributed by atoms with Gasteiger partial charge < -0.3 is 36.8 Å². The van der Waals surface area contributed by atoms with Crippen LogP contribution in [0.5, 0.6) is 5.75 Å². The number of aromatic nitrogens is 1. The topological polar surface area (TPSA) is 282 Å². The van der Waals surface area contributed by atoms with Gasteiger partial charge in [-0.25, -0.2) is 9.78 Å². The van der Waals surface area contributed by atoms with Gasteiger partial charge in [-0.05, 0) is 88.5 Å². The molecule has 2 aliphatic carbocycles. The Morgan fingerprint density at radius 3 is 2.62 bits per heavy atom. The molecule has 50 heavy (non-hydrogen) atoms. The number of amides is 2. The lowest BCUT2D eigenvalue weighted by molar-refractivity contribution is -0.218. The van der Waals surface area contributed by atoms with Gasteiger partial charge in [0.05, 0.1) is 5.54 Å². The molecule has 0 spiro atoms. The van der Waals surface area contributed by atoms with Crippen molar-refractivity contribution in [2.24, 2.45) is 22.7 Å². The number of hydroxylamine groups is 2. The Kier molecular flexibility index (Phi) is 9.04. The highest BCUT2D eigenvalue weighted by molar-refractivity contribution is 7.80. The Morgan fingerprint density at radius 1 is 1.24 bits per heavy atom. The summed E-state index contributed by atoms with van der Waals surface area (Å²) in [5.41, 5.74) is 9.25. The predicted molar refractivity (Wildman–Crippen MR) is 177 cm³/mol. The quantitative estimate of drug-likeness (QED) is 0.0546. The number of nitrogens with two attached hydrogens (primary N) is 2. The van der Waals surface area contributed by atoms with Crippen LogP contribution in [0.25, 0.3) is 0 Å². The molecule has 3 fully saturated rings. The number of thiazole rings is 1. The molecule has 3 heterocycles. The molecule has 18 nitrogen and oxygen atoms in total. The summed E-state index contributed by atoms with van der Waals surface area (Å²) in [4.78, 5) is 48.4. The molecule has 1 saturated heterocycles. The van der Waals surface area contributed by atoms with Gasteiger partial charge in [0.15, 0.2) is 16.9 Å². The van der Waals surface area contributed by atoms with Gasteiger partial charge in [0.1, 0.15) is 23.3 Å². The third-order valence-electron chi connectivity index (χ3n) is 9.86. The van der Waals surface area contributed by atoms with Gasteiger partial charge in [0, 0.05) is 23.0 Å². The summed E-state index contributed by atoms with van der Waals surface area (Å²) in [5, 5.41) is 30.5. The van der Waals surface area contributed by atoms with Crippen molar-refractivity contribution in [1.29, 1.82) is 5.41 Å². The number of fused-ring (bicyclic) bond motifs is 2. The van der Waals surface area contributed by atoms with Crippen molar-refractivity contribution < 1.29 is 46.3 Å². The van der Waals surface area contributed by atoms with Crippen molar-refractivity contribution in [2.45, 2.75) is 88.2 Å². The van der Waals surface area contributed by atoms with Crippen LogP contribution < -0.4 is 26.8 Å². The van der Waals surface area contributed by atoms with E-state index in [9.17, 15) is 27.9 Å². The second-order valence-corrected chi connectivity index (χ2v) is 15.5. The molecule has 1 aromatic heterocycles. The van der Waals surface area contributed by atoms with E-state index in [0.717, 1.165) is 36.2 Å². The van der Waals surface area contributed by atoms with Crippen LogP contribution in [-0.4, -0.2) is 92.8 Å². The Balaban J connectivity index is 1.17. The largest absolute Gasteiger partial charge is 0.485 e. The summed E-state index contributed by atoms with van der Waals surface area (Å²) in [7, 11) is -5.03. The highest BCUT2D eigenvalue weighted by Crippen LogP contribution is 2.49. The van der Waals surface area contributed by atoms with Crippen LogP contribution in [0.1, 0.15) is 63.3 Å². The van der Waals surface area contributed by atoms with E-state index in [1.807, 2.05) is 6.07 Å². The van der Waals surface area contributed by atoms with E-state index in [2.05, 4.69) is 25.1 Å². The minimum atomic E-state index is -5.03. The van der Waals surface area contributed by atoms with Crippen molar-refractivity contribution in [3.8, 4) is 5.75 Å². The van der Waals surface area contributed by atoms with Crippen molar-refractivity contribution >= 4 is 56.2 Å². The number of oxime groups is 1. The Labute approximate surface area is 290 Å². The number of amidine groups is 1. The molecule has 2 saturated carbocycles. The normalized spacial score (nSPS) is 28.1. The van der Waals surface area contributed by atoms with Gasteiger partial charge >= 0.3 is 16.4 Å². The smallest absolute Gasteiger partial charge is 0.418 e. The van der Waals surface area contributed by atoms with Gasteiger partial charge in [0.25, 0.3) is 17.4 Å². The van der Waals surface area contributed by atoms with Crippen LogP contribution in [-0.2, 0) is 40.3 Å². The number of anilines is 1. The maximum Gasteiger partial charge on any atom is 0.418 e. The molecule has 2 amide bonds. The standard InChI is InChI=1S/C30H38N8O10S2/c1-29(2)23(26(40)38(29)48-50(43,44)45)36-25(39)22(19-12-49-28(33)35-19)37-47-30(3,27(41)42)21-9-5-13-10-14(4-8-20(13)46-21)24(32)34-18-7-6-17(31)15-11-16(15)18/h4,8,10,12,15-18,21,23H,5-7,9,11,31H2,1-3H3,(H2,32,34)(H2,33,35)(H,36,39)(H,41,42)(H,43,44,45)/b37-22-/t15-,16+,17-,18-,21-,23-,30+/m1/s1. The van der Waals surface area contributed by atoms with Crippen LogP contribution in [0.15, 0.2) is 28.7 Å². The lowest BCUT2D eigenvalue weighted by Crippen LogP contribution is -2.76. The fourth-order valence-electron chi connectivity index (χ4n) is 6.77. The molecule has 0 bridgehead atoms. The first-order valence-electron chi connectivity index (χ1n) is 15.8. The van der Waals surface area contributed by atoms with Crippen molar-refractivity contribution in [3.05, 3.63) is 40.4 Å². The number of aryl methyl sites for hydroxylation is 1. The summed E-state index contributed by atoms with van der Waals surface area (Å²) in [6.07, 6.45) is 2.45. The zero-order valence-corrected chi connectivity index (χ0v) is 28.9. The lowest BCUT2D eigenvalue weighted by atomic mass is 9.84. The number of benzene rings is 1. The van der Waals surface area contributed by atoms with E-state index in [-0.39, 0.29) is 29.3 Å². The van der Waals surface area contributed by atoms with Crippen LogP contribution >= 0.6 is 11.3 Å². The molecule has 20 heteroatoms. The first kappa shape index (κ1) is 35.5. The number of nitrogen functional groups attached to an aromatic ring is 1. The number of rotatable bonds is 11. The number of carbonyl (C=O) groups is 3. The number of hydrogen-bond acceptors (Lipinski definition) is 14. The Bertz CT molecular complexity index is 1880. The molecule has 4 aliphatic rings. The fourth-order valence-corrected chi connectivity index (χ4v) is 7.77. The third-order valence-corrected chi connectivity index (χ3v) is 10.9. The molecule has 6 rings (SSSR count). The molecular formula is C30H38N8O10S2. The van der Waals surface area contributed by atoms with Gasteiger partial charge in [0.2, 0.25) is 0 Å². The highest BCUT2D eigenvalue weighted by atomic mass is 32.3. The van der Waals surface area contributed by atoms with E-state index < -0.39 is 57.2 Å². The van der Waals surface area contributed by atoms with Crippen molar-refractivity contribution in [3.63, 3.8) is 0 Å². The molecule has 0 unspecified atom stereocenters. The second kappa shape index (κ2) is 12.7. The number of carbonyl (C=O) groups excluding carboxylic acids is 2. The molecule has 1 aromatic carbocycles. The molecule has 9 N–H and O–H groups in total. The number of carboxylic acid groups (broad SMARTS) is 1. The van der Waals surface area contributed by atoms with Gasteiger partial charge in [-0.15, -0.1) is 15.6 Å². The number of nitrogens with zero attached hydrogens (tertiary/aromatic N) is 3. The minimum absolute atomic E-state index is 0.0591. The van der Waals surface area contributed by atoms with Crippen molar-refractivity contribution in [1.82, 2.24) is 20.7 Å². The maximum atomic E-state index is 13.5. The summed E-state index contributed by atoms with van der Waals surface area (Å²) in [6.45, 7) is 3.99. The van der Waals surface area contributed by atoms with Crippen LogP contribution in [0.3, 0.4) is 0 Å². The third kappa shape index (κ3) is 6.72. The van der Waals surface area contributed by atoms with E-state index in [4.69, 9.17) is 31.0 Å². The number of nitrogens with one attached hydrogen (secondary N) is 3. The fraction of sp³-hybridized carbons (Fsp3) is 0.533. The molecule has 0 radical (unpaired) electrons. The summed E-state index contributed by atoms with van der Waals surface area (Å²) in [5.74, 6) is -1.73. The number of β-lactam (4-membered cyclic amide) rings is 1. The van der Waals surface area contributed by atoms with Crippen LogP contribution in [0.4, 0.5) is 5.13 Å². The maximum absolute atomic E-state index is 13.5. The monoisotopic (exact) mass is 734 g/mol.